The molecule has 100 valence electrons. The van der Waals surface area contributed by atoms with Crippen molar-refractivity contribution in [3.05, 3.63) is 26.6 Å². The standard InChI is InChI=1S/C14H19Br2NO/c1-3-10-7-13(10)17-8-9-5-11(15)14(18-4-2)12(16)6-9/h5-6,10,13,17H,3-4,7-8H2,1-2H3. The Labute approximate surface area is 126 Å². The molecule has 0 saturated heterocycles. The van der Waals surface area contributed by atoms with Gasteiger partial charge in [0, 0.05) is 12.6 Å². The Morgan fingerprint density at radius 2 is 1.94 bits per heavy atom. The number of halogens is 2. The van der Waals surface area contributed by atoms with Crippen molar-refractivity contribution in [2.45, 2.75) is 39.3 Å². The topological polar surface area (TPSA) is 21.3 Å². The second kappa shape index (κ2) is 6.40. The lowest BCUT2D eigenvalue weighted by atomic mass is 10.2. The molecule has 0 radical (unpaired) electrons. The zero-order valence-electron chi connectivity index (χ0n) is 10.8. The molecule has 1 aromatic carbocycles. The lowest BCUT2D eigenvalue weighted by Gasteiger charge is -2.11. The summed E-state index contributed by atoms with van der Waals surface area (Å²) in [6.07, 6.45) is 2.62. The van der Waals surface area contributed by atoms with E-state index in [0.717, 1.165) is 33.2 Å². The highest BCUT2D eigenvalue weighted by molar-refractivity contribution is 9.11. The van der Waals surface area contributed by atoms with E-state index in [1.54, 1.807) is 0 Å². The van der Waals surface area contributed by atoms with Gasteiger partial charge in [-0.15, -0.1) is 0 Å². The van der Waals surface area contributed by atoms with E-state index in [-0.39, 0.29) is 0 Å². The van der Waals surface area contributed by atoms with Crippen molar-refractivity contribution in [3.63, 3.8) is 0 Å². The van der Waals surface area contributed by atoms with E-state index in [1.807, 2.05) is 6.92 Å². The van der Waals surface area contributed by atoms with Crippen molar-refractivity contribution < 1.29 is 4.74 Å². The monoisotopic (exact) mass is 375 g/mol. The molecule has 2 unspecified atom stereocenters. The molecule has 1 fully saturated rings. The third-order valence-electron chi connectivity index (χ3n) is 3.36. The minimum atomic E-state index is 0.676. The highest BCUT2D eigenvalue weighted by Gasteiger charge is 2.34. The molecule has 1 aliphatic rings. The first-order valence-electron chi connectivity index (χ1n) is 6.49. The molecule has 2 nitrogen and oxygen atoms in total. The van der Waals surface area contributed by atoms with Gasteiger partial charge in [-0.2, -0.15) is 0 Å². The number of rotatable bonds is 6. The van der Waals surface area contributed by atoms with Crippen molar-refractivity contribution in [1.29, 1.82) is 0 Å². The van der Waals surface area contributed by atoms with Crippen LogP contribution in [0.3, 0.4) is 0 Å². The second-order valence-electron chi connectivity index (χ2n) is 4.71. The first-order chi connectivity index (χ1) is 8.65. The van der Waals surface area contributed by atoms with Crippen LogP contribution in [0, 0.1) is 5.92 Å². The maximum atomic E-state index is 5.58. The second-order valence-corrected chi connectivity index (χ2v) is 6.42. The number of hydrogen-bond acceptors (Lipinski definition) is 2. The van der Waals surface area contributed by atoms with E-state index in [4.69, 9.17) is 4.74 Å². The predicted molar refractivity (Wildman–Crippen MR) is 82.0 cm³/mol. The van der Waals surface area contributed by atoms with Gasteiger partial charge in [0.05, 0.1) is 15.6 Å². The molecule has 2 rings (SSSR count). The Hall–Kier alpha value is -0.0600. The molecule has 0 aliphatic heterocycles. The van der Waals surface area contributed by atoms with Crippen LogP contribution in [0.15, 0.2) is 21.1 Å². The molecule has 0 aromatic heterocycles. The fourth-order valence-corrected chi connectivity index (χ4v) is 3.70. The largest absolute Gasteiger partial charge is 0.492 e. The normalized spacial score (nSPS) is 22.0. The van der Waals surface area contributed by atoms with Crippen molar-refractivity contribution in [1.82, 2.24) is 5.32 Å². The zero-order chi connectivity index (χ0) is 13.1. The van der Waals surface area contributed by atoms with E-state index >= 15 is 0 Å². The van der Waals surface area contributed by atoms with Crippen LogP contribution in [0.1, 0.15) is 32.3 Å². The number of benzene rings is 1. The van der Waals surface area contributed by atoms with Gasteiger partial charge in [-0.25, -0.2) is 0 Å². The first-order valence-corrected chi connectivity index (χ1v) is 8.08. The van der Waals surface area contributed by atoms with Gasteiger partial charge in [-0.05, 0) is 68.8 Å². The third-order valence-corrected chi connectivity index (χ3v) is 4.54. The lowest BCUT2D eigenvalue weighted by Crippen LogP contribution is -2.17. The molecule has 0 spiro atoms. The number of hydrogen-bond donors (Lipinski definition) is 1. The summed E-state index contributed by atoms with van der Waals surface area (Å²) in [5.74, 6) is 1.78. The van der Waals surface area contributed by atoms with E-state index < -0.39 is 0 Å². The predicted octanol–water partition coefficient (Wildman–Crippen LogP) is 4.50. The van der Waals surface area contributed by atoms with E-state index in [1.165, 1.54) is 18.4 Å². The summed E-state index contributed by atoms with van der Waals surface area (Å²) in [7, 11) is 0. The van der Waals surface area contributed by atoms with E-state index in [9.17, 15) is 0 Å². The van der Waals surface area contributed by atoms with Crippen LogP contribution in [-0.4, -0.2) is 12.6 Å². The SMILES string of the molecule is CCOc1c(Br)cc(CNC2CC2CC)cc1Br. The third kappa shape index (κ3) is 3.49. The van der Waals surface area contributed by atoms with Crippen molar-refractivity contribution in [3.8, 4) is 5.75 Å². The first kappa shape index (κ1) is 14.4. The zero-order valence-corrected chi connectivity index (χ0v) is 14.0. The fourth-order valence-electron chi connectivity index (χ4n) is 2.19. The highest BCUT2D eigenvalue weighted by Crippen LogP contribution is 2.36. The maximum Gasteiger partial charge on any atom is 0.147 e. The molecule has 0 bridgehead atoms. The van der Waals surface area contributed by atoms with Gasteiger partial charge < -0.3 is 10.1 Å². The number of nitrogens with one attached hydrogen (secondary N) is 1. The van der Waals surface area contributed by atoms with Crippen LogP contribution >= 0.6 is 31.9 Å². The highest BCUT2D eigenvalue weighted by atomic mass is 79.9. The summed E-state index contributed by atoms with van der Waals surface area (Å²) in [5, 5.41) is 3.60. The Bertz CT molecular complexity index is 399. The van der Waals surface area contributed by atoms with Gasteiger partial charge in [-0.3, -0.25) is 0 Å². The van der Waals surface area contributed by atoms with Crippen LogP contribution in [0.4, 0.5) is 0 Å². The fraction of sp³-hybridized carbons (Fsp3) is 0.571. The summed E-state index contributed by atoms with van der Waals surface area (Å²) >= 11 is 7.13. The van der Waals surface area contributed by atoms with E-state index in [0.29, 0.717) is 6.61 Å². The summed E-state index contributed by atoms with van der Waals surface area (Å²) in [6, 6.07) is 4.98. The molecule has 4 heteroatoms. The molecule has 1 N–H and O–H groups in total. The molecule has 18 heavy (non-hydrogen) atoms. The van der Waals surface area contributed by atoms with Crippen LogP contribution in [0.25, 0.3) is 0 Å². The minimum absolute atomic E-state index is 0.676. The van der Waals surface area contributed by atoms with Gasteiger partial charge in [-0.1, -0.05) is 13.3 Å². The van der Waals surface area contributed by atoms with Crippen molar-refractivity contribution >= 4 is 31.9 Å². The number of ether oxygens (including phenoxy) is 1. The summed E-state index contributed by atoms with van der Waals surface area (Å²) in [5.41, 5.74) is 1.28. The molecule has 0 amide bonds. The van der Waals surface area contributed by atoms with Gasteiger partial charge in [0.1, 0.15) is 5.75 Å². The Balaban J connectivity index is 1.97. The van der Waals surface area contributed by atoms with Crippen LogP contribution in [0.5, 0.6) is 5.75 Å². The minimum Gasteiger partial charge on any atom is -0.492 e. The Kier molecular flexibility index (Phi) is 5.10. The molecule has 0 heterocycles. The Morgan fingerprint density at radius 3 is 2.44 bits per heavy atom. The lowest BCUT2D eigenvalue weighted by molar-refractivity contribution is 0.336. The average Bonchev–Trinajstić information content (AvgIpc) is 3.10. The summed E-state index contributed by atoms with van der Waals surface area (Å²) in [6.45, 7) is 5.85. The molecule has 1 aliphatic carbocycles. The summed E-state index contributed by atoms with van der Waals surface area (Å²) in [4.78, 5) is 0. The maximum absolute atomic E-state index is 5.58. The summed E-state index contributed by atoms with van der Waals surface area (Å²) < 4.78 is 7.61. The van der Waals surface area contributed by atoms with Gasteiger partial charge in [0.25, 0.3) is 0 Å². The molecule has 2 atom stereocenters. The molecule has 1 aromatic rings. The van der Waals surface area contributed by atoms with E-state index in [2.05, 4.69) is 56.2 Å². The molecule has 1 saturated carbocycles. The molecular formula is C14H19Br2NO. The van der Waals surface area contributed by atoms with Gasteiger partial charge in [0.15, 0.2) is 0 Å². The van der Waals surface area contributed by atoms with Crippen LogP contribution < -0.4 is 10.1 Å². The van der Waals surface area contributed by atoms with Crippen LogP contribution in [-0.2, 0) is 6.54 Å². The van der Waals surface area contributed by atoms with Gasteiger partial charge in [0.2, 0.25) is 0 Å². The quantitative estimate of drug-likeness (QED) is 0.789. The van der Waals surface area contributed by atoms with Crippen molar-refractivity contribution in [2.75, 3.05) is 6.61 Å². The average molecular weight is 377 g/mol. The van der Waals surface area contributed by atoms with Gasteiger partial charge >= 0.3 is 0 Å². The smallest absolute Gasteiger partial charge is 0.147 e. The Morgan fingerprint density at radius 1 is 1.28 bits per heavy atom. The van der Waals surface area contributed by atoms with Crippen LogP contribution in [0.2, 0.25) is 0 Å². The van der Waals surface area contributed by atoms with Crippen molar-refractivity contribution in [2.24, 2.45) is 5.92 Å². The molecular weight excluding hydrogens is 358 g/mol.